The molecule has 1 aromatic carbocycles. The molecule has 1 aromatic heterocycles. The molecule has 1 N–H and O–H groups in total. The molecule has 0 saturated carbocycles. The fraction of sp³-hybridized carbons (Fsp3) is 0.357. The monoisotopic (exact) mass is 309 g/mol. The molecule has 0 spiro atoms. The van der Waals surface area contributed by atoms with Gasteiger partial charge in [-0.15, -0.1) is 0 Å². The number of aromatic nitrogens is 2. The number of ether oxygens (including phenoxy) is 1. The number of nitrogens with zero attached hydrogens (tertiary/aromatic N) is 2. The quantitative estimate of drug-likeness (QED) is 0.802. The van der Waals surface area contributed by atoms with E-state index in [0.717, 1.165) is 6.42 Å². The van der Waals surface area contributed by atoms with Crippen LogP contribution in [0.2, 0.25) is 0 Å². The van der Waals surface area contributed by atoms with Gasteiger partial charge in [-0.3, -0.25) is 9.40 Å². The van der Waals surface area contributed by atoms with Crippen molar-refractivity contribution in [3.05, 3.63) is 48.3 Å². The van der Waals surface area contributed by atoms with Gasteiger partial charge in [0.25, 0.3) is 0 Å². The van der Waals surface area contributed by atoms with E-state index in [9.17, 15) is 8.42 Å². The van der Waals surface area contributed by atoms with Gasteiger partial charge in [0, 0.05) is 19.9 Å². The smallest absolute Gasteiger partial charge is 0.235 e. The highest BCUT2D eigenvalue weighted by Crippen LogP contribution is 2.09. The summed E-state index contributed by atoms with van der Waals surface area (Å²) in [7, 11) is -1.91. The van der Waals surface area contributed by atoms with Crippen LogP contribution in [0.1, 0.15) is 5.56 Å². The molecule has 0 aliphatic carbocycles. The summed E-state index contributed by atoms with van der Waals surface area (Å²) in [6, 6.07) is 10.1. The van der Waals surface area contributed by atoms with E-state index in [0.29, 0.717) is 12.2 Å². The molecule has 0 unspecified atom stereocenters. The number of benzene rings is 1. The van der Waals surface area contributed by atoms with Crippen molar-refractivity contribution >= 4 is 15.7 Å². The van der Waals surface area contributed by atoms with E-state index >= 15 is 0 Å². The Bertz CT molecular complexity index is 653. The van der Waals surface area contributed by atoms with E-state index in [4.69, 9.17) is 4.74 Å². The second-order valence-electron chi connectivity index (χ2n) is 4.64. The molecular weight excluding hydrogens is 290 g/mol. The van der Waals surface area contributed by atoms with Crippen molar-refractivity contribution in [2.45, 2.75) is 13.0 Å². The van der Waals surface area contributed by atoms with Crippen LogP contribution < -0.4 is 4.72 Å². The van der Waals surface area contributed by atoms with Crippen LogP contribution >= 0.6 is 0 Å². The highest BCUT2D eigenvalue weighted by Gasteiger charge is 2.11. The molecule has 2 rings (SSSR count). The Morgan fingerprint density at radius 2 is 2.05 bits per heavy atom. The second kappa shape index (κ2) is 7.24. The van der Waals surface area contributed by atoms with Gasteiger partial charge in [0.2, 0.25) is 10.0 Å². The third kappa shape index (κ3) is 5.20. The lowest BCUT2D eigenvalue weighted by Gasteiger charge is -2.04. The lowest BCUT2D eigenvalue weighted by molar-refractivity contribution is 0.217. The van der Waals surface area contributed by atoms with Crippen LogP contribution in [0.5, 0.6) is 0 Å². The van der Waals surface area contributed by atoms with E-state index in [1.165, 1.54) is 18.9 Å². The van der Waals surface area contributed by atoms with Crippen LogP contribution in [0.4, 0.5) is 5.69 Å². The van der Waals surface area contributed by atoms with Gasteiger partial charge < -0.3 is 4.74 Å². The molecular formula is C14H19N3O3S. The molecule has 0 bridgehead atoms. The minimum absolute atomic E-state index is 0.0707. The molecule has 0 aliphatic rings. The number of rotatable bonds is 8. The average Bonchev–Trinajstić information content (AvgIpc) is 2.91. The van der Waals surface area contributed by atoms with Gasteiger partial charge in [0.05, 0.1) is 24.2 Å². The van der Waals surface area contributed by atoms with Gasteiger partial charge in [-0.05, 0) is 12.0 Å². The van der Waals surface area contributed by atoms with Gasteiger partial charge in [0.15, 0.2) is 0 Å². The van der Waals surface area contributed by atoms with Crippen molar-refractivity contribution in [3.63, 3.8) is 0 Å². The first-order valence-electron chi connectivity index (χ1n) is 6.65. The normalized spacial score (nSPS) is 11.5. The van der Waals surface area contributed by atoms with Crippen molar-refractivity contribution in [3.8, 4) is 0 Å². The molecule has 0 atom stereocenters. The Labute approximate surface area is 124 Å². The molecule has 0 amide bonds. The standard InChI is InChI=1S/C14H19N3O3S/c1-20-9-10-21(18,19)16-14-11-15-17(12-14)8-7-13-5-3-2-4-6-13/h2-6,11-12,16H,7-10H2,1H3. The van der Waals surface area contributed by atoms with E-state index in [-0.39, 0.29) is 12.4 Å². The zero-order valence-corrected chi connectivity index (χ0v) is 12.7. The van der Waals surface area contributed by atoms with Crippen molar-refractivity contribution < 1.29 is 13.2 Å². The zero-order chi connectivity index (χ0) is 15.1. The fourth-order valence-corrected chi connectivity index (χ4v) is 2.80. The second-order valence-corrected chi connectivity index (χ2v) is 6.48. The van der Waals surface area contributed by atoms with Crippen molar-refractivity contribution in [2.24, 2.45) is 0 Å². The molecule has 0 aliphatic heterocycles. The van der Waals surface area contributed by atoms with Crippen LogP contribution in [0.25, 0.3) is 0 Å². The fourth-order valence-electron chi connectivity index (χ4n) is 1.85. The van der Waals surface area contributed by atoms with Gasteiger partial charge in [-0.1, -0.05) is 30.3 Å². The predicted octanol–water partition coefficient (Wildman–Crippen LogP) is 1.51. The Morgan fingerprint density at radius 3 is 2.76 bits per heavy atom. The molecule has 0 fully saturated rings. The maximum absolute atomic E-state index is 11.7. The molecule has 114 valence electrons. The molecule has 21 heavy (non-hydrogen) atoms. The van der Waals surface area contributed by atoms with Crippen LogP contribution in [0.15, 0.2) is 42.7 Å². The summed E-state index contributed by atoms with van der Waals surface area (Å²) >= 11 is 0. The highest BCUT2D eigenvalue weighted by atomic mass is 32.2. The maximum atomic E-state index is 11.7. The highest BCUT2D eigenvalue weighted by molar-refractivity contribution is 7.92. The third-order valence-corrected chi connectivity index (χ3v) is 4.19. The summed E-state index contributed by atoms with van der Waals surface area (Å²) in [5, 5.41) is 4.15. The zero-order valence-electron chi connectivity index (χ0n) is 11.9. The first kappa shape index (κ1) is 15.5. The van der Waals surface area contributed by atoms with Crippen LogP contribution in [0.3, 0.4) is 0 Å². The Morgan fingerprint density at radius 1 is 1.29 bits per heavy atom. The number of sulfonamides is 1. The van der Waals surface area contributed by atoms with Crippen LogP contribution in [0, 0.1) is 0 Å². The summed E-state index contributed by atoms with van der Waals surface area (Å²) < 4.78 is 32.4. The van der Waals surface area contributed by atoms with E-state index in [1.54, 1.807) is 10.9 Å². The number of hydrogen-bond donors (Lipinski definition) is 1. The number of aryl methyl sites for hydroxylation is 2. The van der Waals surface area contributed by atoms with Crippen molar-refractivity contribution in [1.82, 2.24) is 9.78 Å². The maximum Gasteiger partial charge on any atom is 0.235 e. The Hall–Kier alpha value is -1.86. The van der Waals surface area contributed by atoms with E-state index in [2.05, 4.69) is 22.0 Å². The van der Waals surface area contributed by atoms with Gasteiger partial charge >= 0.3 is 0 Å². The van der Waals surface area contributed by atoms with Gasteiger partial charge in [0.1, 0.15) is 0 Å². The number of hydrogen-bond acceptors (Lipinski definition) is 4. The molecule has 7 heteroatoms. The minimum atomic E-state index is -3.38. The summed E-state index contributed by atoms with van der Waals surface area (Å²) in [6.45, 7) is 0.862. The predicted molar refractivity (Wildman–Crippen MR) is 81.7 cm³/mol. The third-order valence-electron chi connectivity index (χ3n) is 2.94. The Kier molecular flexibility index (Phi) is 5.35. The average molecular weight is 309 g/mol. The topological polar surface area (TPSA) is 73.2 Å². The van der Waals surface area contributed by atoms with Crippen LogP contribution in [-0.4, -0.2) is 37.7 Å². The van der Waals surface area contributed by atoms with E-state index in [1.807, 2.05) is 18.2 Å². The minimum Gasteiger partial charge on any atom is -0.384 e. The first-order valence-corrected chi connectivity index (χ1v) is 8.30. The molecule has 1 heterocycles. The number of nitrogens with one attached hydrogen (secondary N) is 1. The summed E-state index contributed by atoms with van der Waals surface area (Å²) in [5.74, 6) is -0.0707. The van der Waals surface area contributed by atoms with Gasteiger partial charge in [-0.2, -0.15) is 5.10 Å². The van der Waals surface area contributed by atoms with Crippen molar-refractivity contribution in [2.75, 3.05) is 24.2 Å². The summed E-state index contributed by atoms with van der Waals surface area (Å²) in [6.07, 6.45) is 4.04. The van der Waals surface area contributed by atoms with Gasteiger partial charge in [-0.25, -0.2) is 8.42 Å². The summed E-state index contributed by atoms with van der Waals surface area (Å²) in [4.78, 5) is 0. The van der Waals surface area contributed by atoms with Crippen LogP contribution in [-0.2, 0) is 27.7 Å². The SMILES string of the molecule is COCCS(=O)(=O)Nc1cnn(CCc2ccccc2)c1. The van der Waals surface area contributed by atoms with Crippen molar-refractivity contribution in [1.29, 1.82) is 0 Å². The largest absolute Gasteiger partial charge is 0.384 e. The summed E-state index contributed by atoms with van der Waals surface area (Å²) in [5.41, 5.74) is 1.69. The molecule has 2 aromatic rings. The first-order chi connectivity index (χ1) is 10.1. The number of anilines is 1. The molecule has 0 saturated heterocycles. The lowest BCUT2D eigenvalue weighted by atomic mass is 10.1. The van der Waals surface area contributed by atoms with E-state index < -0.39 is 10.0 Å². The molecule has 6 nitrogen and oxygen atoms in total. The number of methoxy groups -OCH3 is 1. The lowest BCUT2D eigenvalue weighted by Crippen LogP contribution is -2.19. The molecule has 0 radical (unpaired) electrons. The Balaban J connectivity index is 1.89.